The van der Waals surface area contributed by atoms with Crippen molar-refractivity contribution in [2.45, 2.75) is 19.8 Å². The summed E-state index contributed by atoms with van der Waals surface area (Å²) < 4.78 is 4.64. The number of rotatable bonds is 3. The number of nitrogens with one attached hydrogen (secondary N) is 1. The van der Waals surface area contributed by atoms with Gasteiger partial charge in [0.1, 0.15) is 6.61 Å². The molecule has 4 nitrogen and oxygen atoms in total. The van der Waals surface area contributed by atoms with Gasteiger partial charge in [-0.2, -0.15) is 0 Å². The predicted molar refractivity (Wildman–Crippen MR) is 47.2 cm³/mol. The molecule has 1 rings (SSSR count). The second-order valence-corrected chi connectivity index (χ2v) is 3.29. The van der Waals surface area contributed by atoms with Crippen LogP contribution in [0.3, 0.4) is 0 Å². The number of ketones is 1. The zero-order valence-corrected chi connectivity index (χ0v) is 7.84. The van der Waals surface area contributed by atoms with Gasteiger partial charge >= 0.3 is 5.97 Å². The molecule has 0 saturated carbocycles. The lowest BCUT2D eigenvalue weighted by molar-refractivity contribution is -0.147. The minimum atomic E-state index is -0.392. The van der Waals surface area contributed by atoms with Crippen molar-refractivity contribution >= 4 is 11.8 Å². The predicted octanol–water partition coefficient (Wildman–Crippen LogP) is 0.118. The number of Topliss-reactive ketones (excluding diaryl/α,β-unsaturated/α-hetero) is 1. The molecule has 0 aromatic carbocycles. The first-order valence-electron chi connectivity index (χ1n) is 4.57. The molecule has 1 unspecified atom stereocenters. The van der Waals surface area contributed by atoms with Gasteiger partial charge in [0, 0.05) is 19.4 Å². The fraction of sp³-hybridized carbons (Fsp3) is 0.778. The van der Waals surface area contributed by atoms with E-state index < -0.39 is 5.97 Å². The number of hydrogen-bond acceptors (Lipinski definition) is 4. The minimum Gasteiger partial charge on any atom is -0.458 e. The van der Waals surface area contributed by atoms with E-state index in [1.807, 2.05) is 0 Å². The molecular weight excluding hydrogens is 170 g/mol. The molecule has 1 aliphatic rings. The van der Waals surface area contributed by atoms with Crippen molar-refractivity contribution in [2.75, 3.05) is 19.7 Å². The van der Waals surface area contributed by atoms with Gasteiger partial charge in [0.2, 0.25) is 0 Å². The summed E-state index contributed by atoms with van der Waals surface area (Å²) in [6.07, 6.45) is 1.93. The van der Waals surface area contributed by atoms with E-state index in [2.05, 4.69) is 10.1 Å². The molecule has 0 aromatic rings. The molecule has 0 amide bonds. The molecule has 0 aromatic heterocycles. The third-order valence-corrected chi connectivity index (χ3v) is 2.17. The molecule has 1 aliphatic heterocycles. The summed E-state index contributed by atoms with van der Waals surface area (Å²) in [6, 6.07) is 0. The number of carbonyl (C=O) groups excluding carboxylic acids is 2. The Morgan fingerprint density at radius 1 is 1.54 bits per heavy atom. The Bertz CT molecular complexity index is 197. The van der Waals surface area contributed by atoms with E-state index in [-0.39, 0.29) is 18.3 Å². The van der Waals surface area contributed by atoms with Crippen LogP contribution in [0.5, 0.6) is 0 Å². The van der Waals surface area contributed by atoms with E-state index in [1.54, 1.807) is 0 Å². The molecule has 13 heavy (non-hydrogen) atoms. The monoisotopic (exact) mass is 185 g/mol. The molecule has 0 radical (unpaired) electrons. The topological polar surface area (TPSA) is 55.4 Å². The summed E-state index contributed by atoms with van der Waals surface area (Å²) in [5.41, 5.74) is 0. The van der Waals surface area contributed by atoms with Crippen molar-refractivity contribution in [3.05, 3.63) is 0 Å². The Morgan fingerprint density at radius 3 is 2.85 bits per heavy atom. The standard InChI is InChI=1S/C9H15NO3/c1-7(11)13-6-9(12)8-3-2-4-10-5-8/h8,10H,2-6H2,1H3. The van der Waals surface area contributed by atoms with E-state index in [1.165, 1.54) is 6.92 Å². The van der Waals surface area contributed by atoms with Crippen LogP contribution in [0.25, 0.3) is 0 Å². The Kier molecular flexibility index (Phi) is 3.89. The summed E-state index contributed by atoms with van der Waals surface area (Å²) in [7, 11) is 0. The van der Waals surface area contributed by atoms with Crippen LogP contribution in [0, 0.1) is 5.92 Å². The van der Waals surface area contributed by atoms with Crippen molar-refractivity contribution in [2.24, 2.45) is 5.92 Å². The van der Waals surface area contributed by atoms with Gasteiger partial charge < -0.3 is 10.1 Å². The van der Waals surface area contributed by atoms with Gasteiger partial charge in [-0.3, -0.25) is 9.59 Å². The Morgan fingerprint density at radius 2 is 2.31 bits per heavy atom. The molecule has 1 atom stereocenters. The van der Waals surface area contributed by atoms with Crippen LogP contribution in [0.2, 0.25) is 0 Å². The highest BCUT2D eigenvalue weighted by Crippen LogP contribution is 2.10. The second kappa shape index (κ2) is 4.97. The average Bonchev–Trinajstić information content (AvgIpc) is 2.15. The maximum atomic E-state index is 11.4. The summed E-state index contributed by atoms with van der Waals surface area (Å²) in [4.78, 5) is 21.8. The number of hydrogen-bond donors (Lipinski definition) is 1. The third kappa shape index (κ3) is 3.55. The SMILES string of the molecule is CC(=O)OCC(=O)C1CCCNC1. The molecule has 1 fully saturated rings. The van der Waals surface area contributed by atoms with Crippen molar-refractivity contribution in [1.82, 2.24) is 5.32 Å². The van der Waals surface area contributed by atoms with Crippen LogP contribution in [-0.4, -0.2) is 31.4 Å². The Balaban J connectivity index is 2.25. The fourth-order valence-electron chi connectivity index (χ4n) is 1.42. The average molecular weight is 185 g/mol. The lowest BCUT2D eigenvalue weighted by atomic mass is 9.95. The van der Waals surface area contributed by atoms with Gasteiger partial charge in [-0.1, -0.05) is 0 Å². The van der Waals surface area contributed by atoms with E-state index in [4.69, 9.17) is 0 Å². The maximum absolute atomic E-state index is 11.4. The van der Waals surface area contributed by atoms with Gasteiger partial charge in [0.25, 0.3) is 0 Å². The van der Waals surface area contributed by atoms with Crippen LogP contribution in [0.15, 0.2) is 0 Å². The molecule has 1 saturated heterocycles. The lowest BCUT2D eigenvalue weighted by Crippen LogP contribution is -2.36. The first-order chi connectivity index (χ1) is 6.20. The highest BCUT2D eigenvalue weighted by Gasteiger charge is 2.21. The normalized spacial score (nSPS) is 22.4. The first kappa shape index (κ1) is 10.2. The summed E-state index contributed by atoms with van der Waals surface area (Å²) >= 11 is 0. The fourth-order valence-corrected chi connectivity index (χ4v) is 1.42. The smallest absolute Gasteiger partial charge is 0.303 e. The third-order valence-electron chi connectivity index (χ3n) is 2.17. The van der Waals surface area contributed by atoms with Crippen molar-refractivity contribution in [3.8, 4) is 0 Å². The van der Waals surface area contributed by atoms with Crippen LogP contribution >= 0.6 is 0 Å². The lowest BCUT2D eigenvalue weighted by Gasteiger charge is -2.20. The van der Waals surface area contributed by atoms with Gasteiger partial charge in [-0.15, -0.1) is 0 Å². The zero-order valence-electron chi connectivity index (χ0n) is 7.84. The van der Waals surface area contributed by atoms with E-state index >= 15 is 0 Å². The van der Waals surface area contributed by atoms with Crippen LogP contribution < -0.4 is 5.32 Å². The molecule has 1 N–H and O–H groups in total. The summed E-state index contributed by atoms with van der Waals surface area (Å²) in [5, 5.41) is 3.14. The number of carbonyl (C=O) groups is 2. The van der Waals surface area contributed by atoms with Gasteiger partial charge in [-0.25, -0.2) is 0 Å². The Labute approximate surface area is 77.6 Å². The first-order valence-corrected chi connectivity index (χ1v) is 4.57. The molecule has 0 spiro atoms. The number of piperidine rings is 1. The molecule has 0 aliphatic carbocycles. The Hall–Kier alpha value is -0.900. The van der Waals surface area contributed by atoms with Gasteiger partial charge in [0.15, 0.2) is 5.78 Å². The summed E-state index contributed by atoms with van der Waals surface area (Å²) in [6.45, 7) is 2.95. The molecule has 1 heterocycles. The zero-order chi connectivity index (χ0) is 9.68. The quantitative estimate of drug-likeness (QED) is 0.634. The maximum Gasteiger partial charge on any atom is 0.303 e. The van der Waals surface area contributed by atoms with Crippen molar-refractivity contribution in [3.63, 3.8) is 0 Å². The number of esters is 1. The number of ether oxygens (including phenoxy) is 1. The second-order valence-electron chi connectivity index (χ2n) is 3.29. The van der Waals surface area contributed by atoms with Crippen LogP contribution in [-0.2, 0) is 14.3 Å². The largest absolute Gasteiger partial charge is 0.458 e. The molecule has 4 heteroatoms. The van der Waals surface area contributed by atoms with Gasteiger partial charge in [0.05, 0.1) is 0 Å². The molecule has 74 valence electrons. The van der Waals surface area contributed by atoms with Gasteiger partial charge in [-0.05, 0) is 19.4 Å². The highest BCUT2D eigenvalue weighted by atomic mass is 16.5. The van der Waals surface area contributed by atoms with E-state index in [0.717, 1.165) is 25.9 Å². The van der Waals surface area contributed by atoms with Crippen LogP contribution in [0.4, 0.5) is 0 Å². The molecular formula is C9H15NO3. The van der Waals surface area contributed by atoms with E-state index in [9.17, 15) is 9.59 Å². The van der Waals surface area contributed by atoms with Crippen molar-refractivity contribution in [1.29, 1.82) is 0 Å². The minimum absolute atomic E-state index is 0.0300. The van der Waals surface area contributed by atoms with Crippen LogP contribution in [0.1, 0.15) is 19.8 Å². The highest BCUT2D eigenvalue weighted by molar-refractivity contribution is 5.84. The van der Waals surface area contributed by atoms with Crippen molar-refractivity contribution < 1.29 is 14.3 Å². The summed E-state index contributed by atoms with van der Waals surface area (Å²) in [5.74, 6) is -0.326. The molecule has 0 bridgehead atoms. The van der Waals surface area contributed by atoms with E-state index in [0.29, 0.717) is 0 Å².